The Morgan fingerprint density at radius 2 is 1.82 bits per heavy atom. The van der Waals surface area contributed by atoms with E-state index in [1.807, 2.05) is 34.4 Å². The monoisotopic (exact) mass is 649 g/mol. The summed E-state index contributed by atoms with van der Waals surface area (Å²) in [5.74, 6) is -0.337. The van der Waals surface area contributed by atoms with E-state index in [2.05, 4.69) is 20.9 Å². The average Bonchev–Trinajstić information content (AvgIpc) is 3.43. The van der Waals surface area contributed by atoms with Crippen molar-refractivity contribution in [1.29, 1.82) is 0 Å². The van der Waals surface area contributed by atoms with Crippen LogP contribution >= 0.6 is 15.9 Å². The van der Waals surface area contributed by atoms with E-state index in [0.717, 1.165) is 5.52 Å². The van der Waals surface area contributed by atoms with E-state index in [-0.39, 0.29) is 29.1 Å². The third-order valence-corrected chi connectivity index (χ3v) is 7.23. The lowest BCUT2D eigenvalue weighted by atomic mass is 10.0. The Bertz CT molecular complexity index is 1490. The van der Waals surface area contributed by atoms with E-state index < -0.39 is 27.5 Å². The van der Waals surface area contributed by atoms with Crippen LogP contribution in [0, 0.1) is 0 Å². The number of phenolic OH excluding ortho intramolecular Hbond substituents is 1. The topological polar surface area (TPSA) is 230 Å². The van der Waals surface area contributed by atoms with Crippen molar-refractivity contribution in [2.24, 2.45) is 7.05 Å². The van der Waals surface area contributed by atoms with Crippen LogP contribution in [0.2, 0.25) is 0 Å². The number of benzene rings is 2. The summed E-state index contributed by atoms with van der Waals surface area (Å²) in [5, 5.41) is 11.5. The molecular formula is C23H28BrN3O10S2. The molecule has 0 aliphatic carbocycles. The standard InChI is InChI=1S/C23H22BrN3O4S.H2O4S.2H2O/c1-3-31-23(29)21-19(13-32(30)15-7-5-4-6-8-15)26(2)18-11-17(24)22(28)16(20(18)21)12-27-10-9-25-14-27;1-5(2,3)4;;/h4-11,14,28H,3,12-13H2,1-2H3;(H2,1,2,3,4);2*1H2. The van der Waals surface area contributed by atoms with Crippen LogP contribution in [0.3, 0.4) is 0 Å². The fourth-order valence-electron chi connectivity index (χ4n) is 3.77. The normalized spacial score (nSPS) is 11.5. The van der Waals surface area contributed by atoms with Gasteiger partial charge in [0.15, 0.2) is 10.6 Å². The lowest BCUT2D eigenvalue weighted by Crippen LogP contribution is -2.14. The lowest BCUT2D eigenvalue weighted by Gasteiger charge is -2.13. The molecule has 2 aromatic carbocycles. The first kappa shape index (κ1) is 34.1. The third-order valence-electron chi connectivity index (χ3n) is 5.29. The average molecular weight is 651 g/mol. The molecule has 39 heavy (non-hydrogen) atoms. The number of carbonyl (C=O) groups is 1. The minimum Gasteiger partial charge on any atom is -0.611 e. The number of rotatable bonds is 7. The predicted octanol–water partition coefficient (Wildman–Crippen LogP) is 2.07. The number of halogens is 1. The molecule has 0 spiro atoms. The van der Waals surface area contributed by atoms with Gasteiger partial charge in [-0.15, -0.1) is 0 Å². The summed E-state index contributed by atoms with van der Waals surface area (Å²) in [6.07, 6.45) is 5.08. The second-order valence-corrected chi connectivity index (χ2v) is 10.9. The molecule has 2 aromatic heterocycles. The highest BCUT2D eigenvalue weighted by atomic mass is 79.9. The molecule has 13 nitrogen and oxygen atoms in total. The molecule has 1 atom stereocenters. The summed E-state index contributed by atoms with van der Waals surface area (Å²) >= 11 is 2.06. The van der Waals surface area contributed by atoms with E-state index in [4.69, 9.17) is 22.3 Å². The number of hydrogen-bond acceptors (Lipinski definition) is 7. The zero-order valence-corrected chi connectivity index (χ0v) is 24.0. The van der Waals surface area contributed by atoms with Crippen molar-refractivity contribution < 1.29 is 47.7 Å². The maximum absolute atomic E-state index is 13.1. The number of hydrogen-bond donors (Lipinski definition) is 3. The molecular weight excluding hydrogens is 622 g/mol. The van der Waals surface area contributed by atoms with Gasteiger partial charge in [0, 0.05) is 30.4 Å². The van der Waals surface area contributed by atoms with Crippen LogP contribution < -0.4 is 0 Å². The Hall–Kier alpha value is -2.96. The number of nitrogens with zero attached hydrogens (tertiary/aromatic N) is 3. The van der Waals surface area contributed by atoms with Crippen LogP contribution in [0.1, 0.15) is 28.5 Å². The van der Waals surface area contributed by atoms with E-state index in [1.54, 1.807) is 43.8 Å². The fourth-order valence-corrected chi connectivity index (χ4v) is 5.44. The number of aromatic nitrogens is 3. The van der Waals surface area contributed by atoms with Crippen molar-refractivity contribution in [3.63, 3.8) is 0 Å². The van der Waals surface area contributed by atoms with Gasteiger partial charge in [-0.25, -0.2) is 9.78 Å². The van der Waals surface area contributed by atoms with Crippen LogP contribution in [0.4, 0.5) is 0 Å². The number of carbonyl (C=O) groups excluding carboxylic acids is 1. The van der Waals surface area contributed by atoms with Gasteiger partial charge in [-0.2, -0.15) is 8.42 Å². The summed E-state index contributed by atoms with van der Waals surface area (Å²) in [5.41, 5.74) is 2.20. The second kappa shape index (κ2) is 14.4. The number of aryl methyl sites for hydroxylation is 1. The Labute approximate surface area is 235 Å². The molecule has 2 heterocycles. The zero-order valence-electron chi connectivity index (χ0n) is 20.7. The number of fused-ring (bicyclic) bond motifs is 1. The van der Waals surface area contributed by atoms with E-state index in [9.17, 15) is 14.5 Å². The van der Waals surface area contributed by atoms with Gasteiger partial charge in [-0.1, -0.05) is 18.2 Å². The largest absolute Gasteiger partial charge is 0.611 e. The Morgan fingerprint density at radius 3 is 2.36 bits per heavy atom. The van der Waals surface area contributed by atoms with Crippen molar-refractivity contribution in [2.75, 3.05) is 6.61 Å². The smallest absolute Gasteiger partial charge is 0.394 e. The number of esters is 1. The minimum atomic E-state index is -4.67. The molecule has 0 fully saturated rings. The molecule has 0 aliphatic heterocycles. The van der Waals surface area contributed by atoms with Crippen LogP contribution in [-0.2, 0) is 45.7 Å². The van der Waals surface area contributed by atoms with Gasteiger partial charge in [-0.3, -0.25) is 9.11 Å². The molecule has 4 aromatic rings. The maximum atomic E-state index is 13.1. The van der Waals surface area contributed by atoms with Crippen molar-refractivity contribution in [2.45, 2.75) is 24.1 Å². The molecule has 0 saturated heterocycles. The first-order valence-corrected chi connectivity index (χ1v) is 14.2. The minimum absolute atomic E-state index is 0. The highest BCUT2D eigenvalue weighted by Crippen LogP contribution is 2.40. The highest BCUT2D eigenvalue weighted by Gasteiger charge is 2.30. The summed E-state index contributed by atoms with van der Waals surface area (Å²) in [7, 11) is -2.84. The third kappa shape index (κ3) is 8.51. The first-order chi connectivity index (χ1) is 17.4. The van der Waals surface area contributed by atoms with Crippen molar-refractivity contribution >= 4 is 54.4 Å². The Kier molecular flexibility index (Phi) is 12.6. The molecule has 4 rings (SSSR count). The summed E-state index contributed by atoms with van der Waals surface area (Å²) in [6.45, 7) is 2.25. The molecule has 0 radical (unpaired) electrons. The van der Waals surface area contributed by atoms with E-state index >= 15 is 0 Å². The van der Waals surface area contributed by atoms with Gasteiger partial charge in [0.05, 0.1) is 40.7 Å². The number of ether oxygens (including phenoxy) is 1. The maximum Gasteiger partial charge on any atom is 0.394 e. The summed E-state index contributed by atoms with van der Waals surface area (Å²) in [4.78, 5) is 17.9. The molecule has 7 N–H and O–H groups in total. The molecule has 214 valence electrons. The number of imidazole rings is 1. The molecule has 0 bridgehead atoms. The molecule has 16 heteroatoms. The van der Waals surface area contributed by atoms with E-state index in [0.29, 0.717) is 38.1 Å². The second-order valence-electron chi connectivity index (χ2n) is 7.67. The lowest BCUT2D eigenvalue weighted by molar-refractivity contribution is 0.0527. The highest BCUT2D eigenvalue weighted by molar-refractivity contribution is 9.10. The molecule has 0 aliphatic rings. The van der Waals surface area contributed by atoms with Gasteiger partial charge in [-0.05, 0) is 52.2 Å². The first-order valence-electron chi connectivity index (χ1n) is 10.7. The van der Waals surface area contributed by atoms with Crippen LogP contribution in [0.5, 0.6) is 5.75 Å². The molecule has 0 amide bonds. The van der Waals surface area contributed by atoms with Crippen LogP contribution in [0.15, 0.2) is 64.5 Å². The predicted molar refractivity (Wildman–Crippen MR) is 148 cm³/mol. The summed E-state index contributed by atoms with van der Waals surface area (Å²) < 4.78 is 54.3. The van der Waals surface area contributed by atoms with Gasteiger partial charge in [0.25, 0.3) is 0 Å². The molecule has 0 saturated carbocycles. The van der Waals surface area contributed by atoms with Crippen molar-refractivity contribution in [3.8, 4) is 5.75 Å². The van der Waals surface area contributed by atoms with Crippen molar-refractivity contribution in [3.05, 3.63) is 76.4 Å². The Morgan fingerprint density at radius 1 is 1.21 bits per heavy atom. The number of phenols is 1. The van der Waals surface area contributed by atoms with Gasteiger partial charge in [0.1, 0.15) is 5.75 Å². The molecule has 1 unspecified atom stereocenters. The Balaban J connectivity index is 0.000000998. The van der Waals surface area contributed by atoms with E-state index in [1.165, 1.54) is 0 Å². The zero-order chi connectivity index (χ0) is 27.3. The van der Waals surface area contributed by atoms with Gasteiger partial charge < -0.3 is 34.5 Å². The fraction of sp³-hybridized carbons (Fsp3) is 0.217. The van der Waals surface area contributed by atoms with Crippen molar-refractivity contribution in [1.82, 2.24) is 14.1 Å². The van der Waals surface area contributed by atoms with Gasteiger partial charge >= 0.3 is 16.4 Å². The number of aromatic hydroxyl groups is 1. The summed E-state index contributed by atoms with van der Waals surface area (Å²) in [6, 6.07) is 10.9. The quantitative estimate of drug-likeness (QED) is 0.151. The van der Waals surface area contributed by atoms with Crippen LogP contribution in [-0.4, -0.2) is 64.8 Å². The van der Waals surface area contributed by atoms with Crippen LogP contribution in [0.25, 0.3) is 10.9 Å². The van der Waals surface area contributed by atoms with Gasteiger partial charge in [0.2, 0.25) is 0 Å². The SMILES string of the molecule is CCOC(=O)c1c(C[S+]([O-])c2ccccc2)n(C)c2cc(Br)c(O)c(Cn3ccnc3)c12.O.O.O=S(=O)(O)O.